The Morgan fingerprint density at radius 3 is 2.20 bits per heavy atom. The maximum absolute atomic E-state index is 13.6. The molecule has 2 aromatic rings. The summed E-state index contributed by atoms with van der Waals surface area (Å²) >= 11 is 0. The van der Waals surface area contributed by atoms with Gasteiger partial charge >= 0.3 is 0 Å². The molecule has 3 amide bonds. The third kappa shape index (κ3) is 8.15. The number of amides is 3. The van der Waals surface area contributed by atoms with Crippen LogP contribution in [0.25, 0.3) is 0 Å². The van der Waals surface area contributed by atoms with Crippen LogP contribution in [0.1, 0.15) is 87.2 Å². The molecule has 40 heavy (non-hydrogen) atoms. The molecule has 4 rings (SSSR count). The normalized spacial score (nSPS) is 20.2. The van der Waals surface area contributed by atoms with E-state index in [9.17, 15) is 18.8 Å². The minimum absolute atomic E-state index is 0.0383. The molecule has 1 heterocycles. The predicted molar refractivity (Wildman–Crippen MR) is 155 cm³/mol. The van der Waals surface area contributed by atoms with Gasteiger partial charge in [-0.25, -0.2) is 4.39 Å². The zero-order valence-corrected chi connectivity index (χ0v) is 24.4. The van der Waals surface area contributed by atoms with Crippen molar-refractivity contribution in [3.05, 3.63) is 71.0 Å². The van der Waals surface area contributed by atoms with Gasteiger partial charge in [0.05, 0.1) is 0 Å². The molecule has 1 aliphatic carbocycles. The number of nitrogens with zero attached hydrogens (tertiary/aromatic N) is 2. The lowest BCUT2D eigenvalue weighted by Crippen LogP contribution is -2.48. The Labute approximate surface area is 238 Å². The number of carbonyl (C=O) groups excluding carboxylic acids is 3. The van der Waals surface area contributed by atoms with Crippen molar-refractivity contribution >= 4 is 17.7 Å². The quantitative estimate of drug-likeness (QED) is 0.469. The van der Waals surface area contributed by atoms with Gasteiger partial charge in [0.25, 0.3) is 5.91 Å². The molecule has 0 spiro atoms. The van der Waals surface area contributed by atoms with E-state index in [1.807, 2.05) is 34.9 Å². The molecule has 1 N–H and O–H groups in total. The molecule has 1 saturated heterocycles. The first kappa shape index (κ1) is 29.8. The fourth-order valence-electron chi connectivity index (χ4n) is 5.94. The second kappa shape index (κ2) is 13.0. The number of piperidine rings is 1. The second-order valence-electron chi connectivity index (χ2n) is 12.8. The number of aryl methyl sites for hydroxylation is 1. The second-order valence-corrected chi connectivity index (χ2v) is 12.8. The number of halogens is 1. The Morgan fingerprint density at radius 1 is 0.950 bits per heavy atom. The number of carbonyl (C=O) groups is 3. The van der Waals surface area contributed by atoms with Gasteiger partial charge in [-0.3, -0.25) is 14.4 Å². The zero-order chi connectivity index (χ0) is 28.9. The molecule has 0 atom stereocenters. The van der Waals surface area contributed by atoms with E-state index in [0.717, 1.165) is 36.8 Å². The summed E-state index contributed by atoms with van der Waals surface area (Å²) in [5.41, 5.74) is 2.65. The van der Waals surface area contributed by atoms with Gasteiger partial charge < -0.3 is 15.1 Å². The number of hydrogen-bond acceptors (Lipinski definition) is 3. The van der Waals surface area contributed by atoms with Crippen LogP contribution in [0, 0.1) is 24.1 Å². The highest BCUT2D eigenvalue weighted by atomic mass is 19.1. The van der Waals surface area contributed by atoms with E-state index in [1.54, 1.807) is 12.1 Å². The highest BCUT2D eigenvalue weighted by Gasteiger charge is 2.33. The van der Waals surface area contributed by atoms with E-state index in [1.165, 1.54) is 12.1 Å². The van der Waals surface area contributed by atoms with E-state index in [-0.39, 0.29) is 47.0 Å². The van der Waals surface area contributed by atoms with Gasteiger partial charge in [-0.1, -0.05) is 50.6 Å². The van der Waals surface area contributed by atoms with Gasteiger partial charge in [0, 0.05) is 49.6 Å². The first-order chi connectivity index (χ1) is 19.0. The Hall–Kier alpha value is -3.22. The molecule has 6 nitrogen and oxygen atoms in total. The molecule has 2 aliphatic rings. The van der Waals surface area contributed by atoms with Gasteiger partial charge in [-0.15, -0.1) is 0 Å². The fourth-order valence-corrected chi connectivity index (χ4v) is 5.94. The maximum atomic E-state index is 13.6. The van der Waals surface area contributed by atoms with Crippen LogP contribution in [0.5, 0.6) is 0 Å². The third-order valence-corrected chi connectivity index (χ3v) is 8.17. The molecule has 2 fully saturated rings. The van der Waals surface area contributed by atoms with Crippen LogP contribution in [0.15, 0.2) is 48.5 Å². The lowest BCUT2D eigenvalue weighted by atomic mass is 9.88. The molecule has 216 valence electrons. The summed E-state index contributed by atoms with van der Waals surface area (Å²) in [6, 6.07) is 14.1. The average molecular weight is 550 g/mol. The van der Waals surface area contributed by atoms with Gasteiger partial charge in [-0.05, 0) is 80.7 Å². The first-order valence-electron chi connectivity index (χ1n) is 14.7. The van der Waals surface area contributed by atoms with Crippen molar-refractivity contribution < 1.29 is 18.8 Å². The topological polar surface area (TPSA) is 69.7 Å². The standard InChI is InChI=1S/C33H44FN3O3/c1-23-6-5-7-24(20-23)22-37(32(40)26-8-10-27(34)11-9-26)29-14-12-28(13-15-29)35-31(39)25-16-18-36(19-17-25)30(38)21-33(2,3)4/h5-11,20,25,28-29H,12-19,21-22H2,1-4H3,(H,35,39). The average Bonchev–Trinajstić information content (AvgIpc) is 2.91. The molecule has 1 aliphatic heterocycles. The van der Waals surface area contributed by atoms with Gasteiger partial charge in [0.15, 0.2) is 0 Å². The molecule has 0 radical (unpaired) electrons. The van der Waals surface area contributed by atoms with Crippen molar-refractivity contribution in [3.8, 4) is 0 Å². The number of hydrogen-bond donors (Lipinski definition) is 1. The van der Waals surface area contributed by atoms with Crippen molar-refractivity contribution in [1.29, 1.82) is 0 Å². The minimum Gasteiger partial charge on any atom is -0.353 e. The molecule has 0 aromatic heterocycles. The molecular formula is C33H44FN3O3. The van der Waals surface area contributed by atoms with Crippen LogP contribution >= 0.6 is 0 Å². The van der Waals surface area contributed by atoms with Gasteiger partial charge in [-0.2, -0.15) is 0 Å². The summed E-state index contributed by atoms with van der Waals surface area (Å²) in [6.07, 6.45) is 5.13. The lowest BCUT2D eigenvalue weighted by Gasteiger charge is -2.38. The number of nitrogens with one attached hydrogen (secondary N) is 1. The van der Waals surface area contributed by atoms with E-state index in [4.69, 9.17) is 0 Å². The molecule has 0 unspecified atom stereocenters. The fraction of sp³-hybridized carbons (Fsp3) is 0.545. The van der Waals surface area contributed by atoms with E-state index < -0.39 is 0 Å². The molecular weight excluding hydrogens is 505 g/mol. The largest absolute Gasteiger partial charge is 0.353 e. The SMILES string of the molecule is Cc1cccc(CN(C(=O)c2ccc(F)cc2)C2CCC(NC(=O)C3CCN(C(=O)CC(C)(C)C)CC3)CC2)c1. The van der Waals surface area contributed by atoms with Crippen molar-refractivity contribution in [3.63, 3.8) is 0 Å². The van der Waals surface area contributed by atoms with Crippen LogP contribution in [0.3, 0.4) is 0 Å². The summed E-state index contributed by atoms with van der Waals surface area (Å²) in [5.74, 6) is -0.253. The summed E-state index contributed by atoms with van der Waals surface area (Å²) in [4.78, 5) is 43.0. The predicted octanol–water partition coefficient (Wildman–Crippen LogP) is 5.88. The van der Waals surface area contributed by atoms with Crippen molar-refractivity contribution in [2.45, 2.75) is 91.3 Å². The number of likely N-dealkylation sites (tertiary alicyclic amines) is 1. The van der Waals surface area contributed by atoms with Crippen molar-refractivity contribution in [2.75, 3.05) is 13.1 Å². The monoisotopic (exact) mass is 549 g/mol. The van der Waals surface area contributed by atoms with Crippen LogP contribution < -0.4 is 5.32 Å². The minimum atomic E-state index is -0.361. The highest BCUT2D eigenvalue weighted by molar-refractivity contribution is 5.94. The molecule has 7 heteroatoms. The third-order valence-electron chi connectivity index (χ3n) is 8.17. The lowest BCUT2D eigenvalue weighted by molar-refractivity contribution is -0.137. The van der Waals surface area contributed by atoms with E-state index in [2.05, 4.69) is 32.2 Å². The zero-order valence-electron chi connectivity index (χ0n) is 24.4. The first-order valence-corrected chi connectivity index (χ1v) is 14.7. The van der Waals surface area contributed by atoms with Crippen LogP contribution in [0.2, 0.25) is 0 Å². The van der Waals surface area contributed by atoms with E-state index >= 15 is 0 Å². The van der Waals surface area contributed by atoms with E-state index in [0.29, 0.717) is 44.5 Å². The maximum Gasteiger partial charge on any atom is 0.254 e. The number of rotatable bonds is 7. The summed E-state index contributed by atoms with van der Waals surface area (Å²) in [6.45, 7) is 10.0. The van der Waals surface area contributed by atoms with Crippen molar-refractivity contribution in [2.24, 2.45) is 11.3 Å². The molecule has 0 bridgehead atoms. The van der Waals surface area contributed by atoms with Gasteiger partial charge in [0.2, 0.25) is 11.8 Å². The Balaban J connectivity index is 1.32. The molecule has 2 aromatic carbocycles. The van der Waals surface area contributed by atoms with Gasteiger partial charge in [0.1, 0.15) is 5.82 Å². The Bertz CT molecular complexity index is 1170. The summed E-state index contributed by atoms with van der Waals surface area (Å²) in [5, 5.41) is 3.27. The summed E-state index contributed by atoms with van der Waals surface area (Å²) in [7, 11) is 0. The Kier molecular flexibility index (Phi) is 9.64. The highest BCUT2D eigenvalue weighted by Crippen LogP contribution is 2.28. The van der Waals surface area contributed by atoms with Crippen LogP contribution in [-0.2, 0) is 16.1 Å². The summed E-state index contributed by atoms with van der Waals surface area (Å²) < 4.78 is 13.5. The van der Waals surface area contributed by atoms with Crippen LogP contribution in [0.4, 0.5) is 4.39 Å². The smallest absolute Gasteiger partial charge is 0.254 e. The number of benzene rings is 2. The van der Waals surface area contributed by atoms with Crippen molar-refractivity contribution in [1.82, 2.24) is 15.1 Å². The molecule has 1 saturated carbocycles. The Morgan fingerprint density at radius 2 is 1.60 bits per heavy atom. The van der Waals surface area contributed by atoms with Crippen LogP contribution in [-0.4, -0.2) is 52.7 Å².